The number of aryl methyl sites for hydroxylation is 2. The van der Waals surface area contributed by atoms with Gasteiger partial charge in [0.05, 0.1) is 11.4 Å². The molecule has 0 aromatic carbocycles. The van der Waals surface area contributed by atoms with Crippen molar-refractivity contribution < 1.29 is 8.42 Å². The van der Waals surface area contributed by atoms with E-state index in [1.807, 2.05) is 0 Å². The highest BCUT2D eigenvalue weighted by Crippen LogP contribution is 2.24. The number of hydrogen-bond donors (Lipinski definition) is 2. The third kappa shape index (κ3) is 2.47. The van der Waals surface area contributed by atoms with Crippen LogP contribution in [0.5, 0.6) is 0 Å². The van der Waals surface area contributed by atoms with Gasteiger partial charge in [0.25, 0.3) is 0 Å². The van der Waals surface area contributed by atoms with Gasteiger partial charge < -0.3 is 5.73 Å². The van der Waals surface area contributed by atoms with Crippen LogP contribution in [0.25, 0.3) is 0 Å². The van der Waals surface area contributed by atoms with Crippen molar-refractivity contribution in [3.8, 4) is 0 Å². The van der Waals surface area contributed by atoms with Crippen LogP contribution in [0.2, 0.25) is 0 Å². The number of aromatic amines is 1. The molecule has 98 valence electrons. The second kappa shape index (κ2) is 4.93. The third-order valence-electron chi connectivity index (χ3n) is 2.85. The summed E-state index contributed by atoms with van der Waals surface area (Å²) in [6, 6.07) is -0.0534. The van der Waals surface area contributed by atoms with Crippen molar-refractivity contribution >= 4 is 22.4 Å². The van der Waals surface area contributed by atoms with Crippen molar-refractivity contribution in [2.24, 2.45) is 5.73 Å². The lowest BCUT2D eigenvalue weighted by molar-refractivity contribution is 0.471. The van der Waals surface area contributed by atoms with Crippen LogP contribution in [0, 0.1) is 13.8 Å². The third-order valence-corrected chi connectivity index (χ3v) is 4.97. The zero-order valence-corrected chi connectivity index (χ0v) is 11.4. The molecule has 0 unspecified atom stereocenters. The van der Waals surface area contributed by atoms with Crippen LogP contribution in [0.4, 0.5) is 0 Å². The number of rotatable bonds is 2. The molecule has 0 aliphatic carbocycles. The van der Waals surface area contributed by atoms with E-state index < -0.39 is 10.0 Å². The van der Waals surface area contributed by atoms with Crippen LogP contribution in [-0.4, -0.2) is 42.1 Å². The number of halogens is 1. The first-order chi connectivity index (χ1) is 7.43. The molecule has 8 heteroatoms. The summed E-state index contributed by atoms with van der Waals surface area (Å²) in [6.45, 7) is 4.29. The lowest BCUT2D eigenvalue weighted by Crippen LogP contribution is -2.32. The number of H-pyrrole nitrogens is 1. The van der Waals surface area contributed by atoms with Crippen molar-refractivity contribution in [2.75, 3.05) is 13.1 Å². The number of nitrogens with one attached hydrogen (secondary N) is 1. The fourth-order valence-corrected chi connectivity index (χ4v) is 3.87. The molecule has 0 saturated carbocycles. The molecule has 0 bridgehead atoms. The summed E-state index contributed by atoms with van der Waals surface area (Å²) < 4.78 is 26.0. The summed E-state index contributed by atoms with van der Waals surface area (Å²) in [4.78, 5) is 0.293. The Morgan fingerprint density at radius 2 is 2.12 bits per heavy atom. The van der Waals surface area contributed by atoms with E-state index in [9.17, 15) is 8.42 Å². The summed E-state index contributed by atoms with van der Waals surface area (Å²) in [5.74, 6) is 0. The molecule has 2 rings (SSSR count). The van der Waals surface area contributed by atoms with E-state index in [4.69, 9.17) is 5.73 Å². The van der Waals surface area contributed by atoms with E-state index in [1.165, 1.54) is 4.31 Å². The number of aromatic nitrogens is 2. The SMILES string of the molecule is Cc1n[nH]c(C)c1S(=O)(=O)N1CC[C@H](N)C1.Cl. The Balaban J connectivity index is 0.00000144. The van der Waals surface area contributed by atoms with Crippen LogP contribution < -0.4 is 5.73 Å². The van der Waals surface area contributed by atoms with Gasteiger partial charge >= 0.3 is 0 Å². The Labute approximate surface area is 107 Å². The van der Waals surface area contributed by atoms with Crippen molar-refractivity contribution in [1.82, 2.24) is 14.5 Å². The number of hydrogen-bond acceptors (Lipinski definition) is 4. The fraction of sp³-hybridized carbons (Fsp3) is 0.667. The van der Waals surface area contributed by atoms with Gasteiger partial charge in [-0.15, -0.1) is 12.4 Å². The van der Waals surface area contributed by atoms with Crippen LogP contribution in [-0.2, 0) is 10.0 Å². The number of nitrogens with zero attached hydrogens (tertiary/aromatic N) is 2. The molecular weight excluding hydrogens is 264 g/mol. The fourth-order valence-electron chi connectivity index (χ4n) is 2.02. The molecule has 0 amide bonds. The van der Waals surface area contributed by atoms with Gasteiger partial charge in [-0.2, -0.15) is 9.40 Å². The second-order valence-corrected chi connectivity index (χ2v) is 6.05. The van der Waals surface area contributed by atoms with Gasteiger partial charge in [0.2, 0.25) is 10.0 Å². The number of nitrogens with two attached hydrogens (primary N) is 1. The lowest BCUT2D eigenvalue weighted by atomic mass is 10.3. The van der Waals surface area contributed by atoms with Gasteiger partial charge in [-0.25, -0.2) is 8.42 Å². The van der Waals surface area contributed by atoms with E-state index >= 15 is 0 Å². The largest absolute Gasteiger partial charge is 0.326 e. The first kappa shape index (κ1) is 14.4. The van der Waals surface area contributed by atoms with E-state index in [0.29, 0.717) is 29.4 Å². The Hall–Kier alpha value is -0.630. The van der Waals surface area contributed by atoms with Crippen LogP contribution in [0.15, 0.2) is 4.90 Å². The van der Waals surface area contributed by atoms with E-state index in [2.05, 4.69) is 10.2 Å². The first-order valence-electron chi connectivity index (χ1n) is 5.20. The first-order valence-corrected chi connectivity index (χ1v) is 6.64. The second-order valence-electron chi connectivity index (χ2n) is 4.17. The van der Waals surface area contributed by atoms with E-state index in [0.717, 1.165) is 6.42 Å². The molecule has 1 aliphatic heterocycles. The highest BCUT2D eigenvalue weighted by molar-refractivity contribution is 7.89. The quantitative estimate of drug-likeness (QED) is 0.808. The standard InChI is InChI=1S/C9H16N4O2S.ClH/c1-6-9(7(2)12-11-6)16(14,15)13-4-3-8(10)5-13;/h8H,3-5,10H2,1-2H3,(H,11,12);1H/t8-;/m0./s1. The molecule has 0 radical (unpaired) electrons. The predicted octanol–water partition coefficient (Wildman–Crippen LogP) is 0.170. The maximum Gasteiger partial charge on any atom is 0.246 e. The molecule has 3 N–H and O–H groups in total. The smallest absolute Gasteiger partial charge is 0.246 e. The summed E-state index contributed by atoms with van der Waals surface area (Å²) in [6.07, 6.45) is 0.717. The number of sulfonamides is 1. The Morgan fingerprint density at radius 3 is 2.53 bits per heavy atom. The highest BCUT2D eigenvalue weighted by Gasteiger charge is 2.33. The van der Waals surface area contributed by atoms with Crippen molar-refractivity contribution in [1.29, 1.82) is 0 Å². The summed E-state index contributed by atoms with van der Waals surface area (Å²) in [5.41, 5.74) is 6.82. The van der Waals surface area contributed by atoms with E-state index in [1.54, 1.807) is 13.8 Å². The summed E-state index contributed by atoms with van der Waals surface area (Å²) in [5, 5.41) is 6.60. The molecule has 0 spiro atoms. The molecule has 17 heavy (non-hydrogen) atoms. The normalized spacial score (nSPS) is 21.5. The Kier molecular flexibility index (Phi) is 4.19. The van der Waals surface area contributed by atoms with Gasteiger partial charge in [-0.3, -0.25) is 5.10 Å². The van der Waals surface area contributed by atoms with Crippen molar-refractivity contribution in [3.05, 3.63) is 11.4 Å². The highest BCUT2D eigenvalue weighted by atomic mass is 35.5. The lowest BCUT2D eigenvalue weighted by Gasteiger charge is -2.15. The molecule has 2 heterocycles. The Morgan fingerprint density at radius 1 is 1.47 bits per heavy atom. The molecule has 1 aromatic rings. The topological polar surface area (TPSA) is 92.1 Å². The molecule has 6 nitrogen and oxygen atoms in total. The van der Waals surface area contributed by atoms with Gasteiger partial charge in [0, 0.05) is 19.1 Å². The maximum atomic E-state index is 12.3. The average molecular weight is 281 g/mol. The molecule has 1 aromatic heterocycles. The summed E-state index contributed by atoms with van der Waals surface area (Å²) >= 11 is 0. The monoisotopic (exact) mass is 280 g/mol. The molecule has 1 fully saturated rings. The predicted molar refractivity (Wildman–Crippen MR) is 66.7 cm³/mol. The summed E-state index contributed by atoms with van der Waals surface area (Å²) in [7, 11) is -3.43. The van der Waals surface area contributed by atoms with Crippen LogP contribution in [0.1, 0.15) is 17.8 Å². The van der Waals surface area contributed by atoms with Gasteiger partial charge in [-0.1, -0.05) is 0 Å². The van der Waals surface area contributed by atoms with E-state index in [-0.39, 0.29) is 18.4 Å². The van der Waals surface area contributed by atoms with Crippen LogP contribution >= 0.6 is 12.4 Å². The zero-order valence-electron chi connectivity index (χ0n) is 9.80. The minimum absolute atomic E-state index is 0. The maximum absolute atomic E-state index is 12.3. The van der Waals surface area contributed by atoms with Gasteiger partial charge in [-0.05, 0) is 20.3 Å². The van der Waals surface area contributed by atoms with Gasteiger partial charge in [0.15, 0.2) is 0 Å². The minimum Gasteiger partial charge on any atom is -0.326 e. The zero-order chi connectivity index (χ0) is 11.9. The molecule has 1 saturated heterocycles. The van der Waals surface area contributed by atoms with Crippen molar-refractivity contribution in [3.63, 3.8) is 0 Å². The molecular formula is C9H17ClN4O2S. The van der Waals surface area contributed by atoms with Gasteiger partial charge in [0.1, 0.15) is 4.90 Å². The molecule has 1 aliphatic rings. The van der Waals surface area contributed by atoms with Crippen molar-refractivity contribution in [2.45, 2.75) is 31.2 Å². The Bertz CT molecular complexity index is 480. The van der Waals surface area contributed by atoms with Crippen LogP contribution in [0.3, 0.4) is 0 Å². The minimum atomic E-state index is -3.43. The molecule has 1 atom stereocenters. The average Bonchev–Trinajstić information content (AvgIpc) is 2.74.